The highest BCUT2D eigenvalue weighted by molar-refractivity contribution is 9.09. The van der Waals surface area contributed by atoms with Crippen molar-refractivity contribution in [1.82, 2.24) is 0 Å². The fraction of sp³-hybridized carbons (Fsp3) is 0.437. The largest absolute Gasteiger partial charge is 0.643 e. The summed E-state index contributed by atoms with van der Waals surface area (Å²) in [7, 11) is 13.8. The number of alkyl halides is 2. The Balaban J connectivity index is -0.000000366. The van der Waals surface area contributed by atoms with Crippen LogP contribution in [0.5, 0.6) is 34.5 Å². The second-order valence-electron chi connectivity index (χ2n) is 19.5. The van der Waals surface area contributed by atoms with Crippen LogP contribution >= 0.6 is 80.9 Å². The van der Waals surface area contributed by atoms with Gasteiger partial charge < -0.3 is 67.8 Å². The van der Waals surface area contributed by atoms with Crippen LogP contribution in [0.2, 0.25) is 10.0 Å². The van der Waals surface area contributed by atoms with Crippen LogP contribution in [0.3, 0.4) is 0 Å². The van der Waals surface area contributed by atoms with Crippen molar-refractivity contribution in [3.8, 4) is 34.5 Å². The van der Waals surface area contributed by atoms with Gasteiger partial charge in [-0.1, -0.05) is 74.4 Å². The fourth-order valence-corrected chi connectivity index (χ4v) is 8.40. The minimum atomic E-state index is -1.72. The monoisotopic (exact) mass is 1690 g/mol. The Morgan fingerprint density at radius 3 is 1.27 bits per heavy atom. The third-order valence-electron chi connectivity index (χ3n) is 12.0. The number of aromatic hydroxyl groups is 2. The Morgan fingerprint density at radius 1 is 0.558 bits per heavy atom. The molecule has 6 aromatic carbocycles. The van der Waals surface area contributed by atoms with E-state index in [1.807, 2.05) is 27.7 Å². The maximum absolute atomic E-state index is 13.9. The van der Waals surface area contributed by atoms with Crippen LogP contribution in [0, 0.1) is 34.9 Å². The third-order valence-corrected chi connectivity index (χ3v) is 12.6. The van der Waals surface area contributed by atoms with Crippen molar-refractivity contribution >= 4 is 115 Å². The van der Waals surface area contributed by atoms with Gasteiger partial charge in [-0.25, -0.2) is 56.5 Å². The molecule has 18 nitrogen and oxygen atoms in total. The number of ether oxygens (including phenoxy) is 10. The van der Waals surface area contributed by atoms with Gasteiger partial charge >= 0.3 is 11.4 Å². The molecule has 3 heterocycles. The molecule has 6 aromatic rings. The highest BCUT2D eigenvalue weighted by Crippen LogP contribution is 2.43. The molecule has 33 heteroatoms. The van der Waals surface area contributed by atoms with Crippen molar-refractivity contribution < 1.29 is 119 Å². The highest BCUT2D eigenvalue weighted by atomic mass is 79.9. The minimum absolute atomic E-state index is 0. The lowest BCUT2D eigenvalue weighted by Crippen LogP contribution is -2.24. The summed E-state index contributed by atoms with van der Waals surface area (Å²) < 4.78 is 147. The summed E-state index contributed by atoms with van der Waals surface area (Å²) in [6.07, 6.45) is 0.383. The highest BCUT2D eigenvalue weighted by Gasteiger charge is 2.40. The van der Waals surface area contributed by atoms with E-state index in [1.54, 1.807) is 33.8 Å². The molecule has 0 radical (unpaired) electrons. The molecule has 0 unspecified atom stereocenters. The first-order chi connectivity index (χ1) is 48.0. The van der Waals surface area contributed by atoms with Crippen molar-refractivity contribution in [2.45, 2.75) is 116 Å². The van der Waals surface area contributed by atoms with Crippen LogP contribution in [0.25, 0.3) is 0 Å². The molecule has 0 aromatic heterocycles. The number of halogens is 14. The number of rotatable bonds is 15. The molecule has 0 aliphatic carbocycles. The Labute approximate surface area is 647 Å². The number of phenols is 2. The second-order valence-corrected chi connectivity index (χ2v) is 28.4. The van der Waals surface area contributed by atoms with Gasteiger partial charge in [0.1, 0.15) is 63.6 Å². The van der Waals surface area contributed by atoms with Gasteiger partial charge in [-0.2, -0.15) is 0 Å². The molecule has 588 valence electrons. The van der Waals surface area contributed by atoms with E-state index < -0.39 is 65.0 Å². The van der Waals surface area contributed by atoms with Crippen molar-refractivity contribution in [1.29, 1.82) is 0 Å². The van der Waals surface area contributed by atoms with Gasteiger partial charge in [0, 0.05) is 42.6 Å². The van der Waals surface area contributed by atoms with Gasteiger partial charge in [0.15, 0.2) is 41.0 Å². The first kappa shape index (κ1) is 105. The first-order valence-corrected chi connectivity index (χ1v) is 37.6. The van der Waals surface area contributed by atoms with E-state index >= 15 is 0 Å². The summed E-state index contributed by atoms with van der Waals surface area (Å²) in [5, 5.41) is 33.4. The quantitative estimate of drug-likeness (QED) is 0.0186. The van der Waals surface area contributed by atoms with Crippen molar-refractivity contribution in [2.24, 2.45) is 0 Å². The topological polar surface area (TPSA) is 241 Å². The van der Waals surface area contributed by atoms with Gasteiger partial charge in [0.2, 0.25) is 5.24 Å². The lowest BCUT2D eigenvalue weighted by atomic mass is 10.0. The molecular formula is C71H95AlBrCl6F7O18. The number of hydrogen-bond donors (Lipinski definition) is 4. The number of carbonyl (C=O) groups is 4. The Kier molecular flexibility index (Phi) is 59.4. The maximum atomic E-state index is 13.9. The molecule has 0 amide bonds. The zero-order valence-corrected chi connectivity index (χ0v) is 64.4. The van der Waals surface area contributed by atoms with Gasteiger partial charge in [-0.05, 0) is 135 Å². The summed E-state index contributed by atoms with van der Waals surface area (Å²) in [6, 6.07) is 20.9. The number of carbonyl (C=O) groups excluding carboxylic acids is 4. The molecule has 3 fully saturated rings. The van der Waals surface area contributed by atoms with Gasteiger partial charge in [0.05, 0.1) is 131 Å². The summed E-state index contributed by atoms with van der Waals surface area (Å²) in [5.74, 6) is -5.25. The first-order valence-electron chi connectivity index (χ1n) is 30.8. The summed E-state index contributed by atoms with van der Waals surface area (Å²) in [4.78, 5) is 42.0. The lowest BCUT2D eigenvalue weighted by molar-refractivity contribution is -0.151. The van der Waals surface area contributed by atoms with E-state index in [-0.39, 0.29) is 103 Å². The van der Waals surface area contributed by atoms with E-state index in [4.69, 9.17) is 123 Å². The number of Topliss-reactive ketones (excluding diaryl/α,β-unsaturated/α-hetero) is 2. The Bertz CT molecular complexity index is 3410. The smallest absolute Gasteiger partial charge is 0.508 e. The molecule has 104 heavy (non-hydrogen) atoms. The number of benzene rings is 6. The number of hydrogen-bond acceptors (Lipinski definition) is 18. The van der Waals surface area contributed by atoms with E-state index in [9.17, 15) is 49.9 Å². The molecule has 0 atom stereocenters. The number of phenolic OH excluding ortho intramolecular Hbond substituents is 2. The molecule has 0 bridgehead atoms. The molecule has 3 aliphatic heterocycles. The molecule has 0 spiro atoms. The van der Waals surface area contributed by atoms with Crippen LogP contribution in [-0.2, 0) is 50.6 Å². The number of ketones is 2. The van der Waals surface area contributed by atoms with Crippen molar-refractivity contribution in [3.63, 3.8) is 0 Å². The van der Waals surface area contributed by atoms with Crippen LogP contribution in [-0.4, -0.2) is 147 Å². The second kappa shape index (κ2) is 58.8. The van der Waals surface area contributed by atoms with Crippen LogP contribution in [0.15, 0.2) is 97.1 Å². The van der Waals surface area contributed by atoms with E-state index in [2.05, 4.69) is 27.5 Å². The summed E-state index contributed by atoms with van der Waals surface area (Å²) in [5.41, 5.74) is 2.11. The normalized spacial score (nSPS) is 13.2. The molecular weight excluding hydrogens is 1590 g/mol. The summed E-state index contributed by atoms with van der Waals surface area (Å²) in [6.45, 7) is 22.8. The van der Waals surface area contributed by atoms with E-state index in [1.165, 1.54) is 93.6 Å². The SMILES string of the molecule is C.C.C.CC(=O)Cl.CC(=O)c1ccc(F)cc1O.CCBr.CCOc1c(C2(C)OCCO2)cc(Cl)c(F)c1C=O.CCOc1cc(F)c(Cl)cc1C1(C)OCCO1.CCOc1cc(F)ccc1C(C)=O.CCOc1cc(F)ccc1C1(C)OCCO1.OCCO.Oc1cccc(F)c1.[2H]CF.[Cl][Al]([Cl])[Cl]. The Hall–Kier alpha value is -5.26. The zero-order valence-electron chi connectivity index (χ0n) is 58.1. The van der Waals surface area contributed by atoms with Gasteiger partial charge in [-0.3, -0.25) is 23.6 Å². The predicted octanol–water partition coefficient (Wildman–Crippen LogP) is 19.5. The maximum Gasteiger partial charge on any atom is 0.643 e. The predicted molar refractivity (Wildman–Crippen MR) is 400 cm³/mol. The number of aliphatic hydroxyl groups excluding tert-OH is 2. The Morgan fingerprint density at radius 2 is 0.904 bits per heavy atom. The minimum Gasteiger partial charge on any atom is -0.508 e. The van der Waals surface area contributed by atoms with Crippen molar-refractivity contribution in [2.75, 3.05) is 91.8 Å². The molecule has 4 N–H and O–H groups in total. The number of aliphatic hydroxyl groups is 2. The number of aldehydes is 1. The third kappa shape index (κ3) is 40.6. The summed E-state index contributed by atoms with van der Waals surface area (Å²) >= 11 is 17.7. The van der Waals surface area contributed by atoms with Crippen LogP contribution in [0.1, 0.15) is 148 Å². The fourth-order valence-electron chi connectivity index (χ4n) is 8.03. The van der Waals surface area contributed by atoms with Crippen LogP contribution < -0.4 is 18.9 Å². The molecule has 3 saturated heterocycles. The van der Waals surface area contributed by atoms with E-state index in [0.29, 0.717) is 99.7 Å². The molecule has 3 aliphatic rings. The average molecular weight is 1690 g/mol. The van der Waals surface area contributed by atoms with E-state index in [0.717, 1.165) is 29.1 Å². The van der Waals surface area contributed by atoms with Gasteiger partial charge in [0.25, 0.3) is 0 Å². The molecule has 0 saturated carbocycles. The lowest BCUT2D eigenvalue weighted by Gasteiger charge is -2.26. The standard InChI is InChI=1S/C13H14ClFO4.C12H14ClFO3.C12H15FO3.C10H11FO2.C8H7FO2.C6H5FO.C2H5Br.C2H3ClO.C2H6O2.CH3F.3CH4.Al.3ClH/c1-3-17-12-8(7-16)11(15)10(14)6-9(12)13(2)18-4-5-19-13;1-3-15-11-7-10(14)9(13)6-8(11)12(2)16-4-5-17-12;1-3-14-11-8-9(13)4-5-10(11)12(2)15-6-7-16-12;1-3-13-10-6-8(11)4-5-9(10)7(2)12;1-5(10)7-3-2-6(9)4-8(7)11;7-5-2-1-3-6(8)4-5;1-2-3;1-2(3)4;3-1-2-4;1-2;;;;;;;/h6-7H,3-5H2,1-2H3;6-7H,3-5H2,1-2H3;4-5,8H,3,6-7H2,1-2H3;4-6H,3H2,1-2H3;2-4,11H,1H3;1-4,8H;2H2,1H3;1H3;3-4H,1-2H2;1H3;3*1H4;;3*1H/q;;;;;;;;;;;;;+3;;;/p-3/i;;;;;;;;;1D;;;;;;;. The van der Waals surface area contributed by atoms with Gasteiger partial charge in [-0.15, -0.1) is 0 Å². The zero-order chi connectivity index (χ0) is 78.3. The average Bonchev–Trinajstić information content (AvgIpc) is 1.77. The van der Waals surface area contributed by atoms with Crippen LogP contribution in [0.4, 0.5) is 30.7 Å². The molecule has 9 rings (SSSR count). The van der Waals surface area contributed by atoms with Crippen molar-refractivity contribution in [3.05, 3.63) is 175 Å².